The van der Waals surface area contributed by atoms with Crippen molar-refractivity contribution in [3.63, 3.8) is 0 Å². The van der Waals surface area contributed by atoms with Crippen LogP contribution in [0.2, 0.25) is 0 Å². The average molecular weight is 231 g/mol. The molecule has 2 aliphatic rings. The highest BCUT2D eigenvalue weighted by Crippen LogP contribution is 2.55. The zero-order valence-corrected chi connectivity index (χ0v) is 10.8. The first-order valence-corrected chi connectivity index (χ1v) is 6.64. The van der Waals surface area contributed by atoms with Crippen molar-refractivity contribution in [2.75, 3.05) is 7.11 Å². The van der Waals surface area contributed by atoms with Gasteiger partial charge in [-0.25, -0.2) is 0 Å². The Hall–Kier alpha value is -1.02. The number of aryl methyl sites for hydroxylation is 1. The lowest BCUT2D eigenvalue weighted by Gasteiger charge is -2.25. The van der Waals surface area contributed by atoms with E-state index < -0.39 is 0 Å². The van der Waals surface area contributed by atoms with Gasteiger partial charge in [-0.2, -0.15) is 0 Å². The minimum absolute atomic E-state index is 0.209. The van der Waals surface area contributed by atoms with Gasteiger partial charge in [-0.1, -0.05) is 6.07 Å². The minimum atomic E-state index is 0.209. The Kier molecular flexibility index (Phi) is 2.44. The summed E-state index contributed by atoms with van der Waals surface area (Å²) in [7, 11) is 1.78. The molecule has 1 saturated carbocycles. The first-order chi connectivity index (χ1) is 8.19. The van der Waals surface area contributed by atoms with Gasteiger partial charge in [0.15, 0.2) is 0 Å². The molecule has 1 fully saturated rings. The fraction of sp³-hybridized carbons (Fsp3) is 0.600. The number of fused-ring (bicyclic) bond motifs is 1. The Balaban J connectivity index is 2.17. The molecule has 0 radical (unpaired) electrons. The first-order valence-electron chi connectivity index (χ1n) is 6.64. The molecule has 0 saturated heterocycles. The summed E-state index contributed by atoms with van der Waals surface area (Å²) >= 11 is 0. The highest BCUT2D eigenvalue weighted by molar-refractivity contribution is 5.54. The van der Waals surface area contributed by atoms with Crippen LogP contribution in [0.4, 0.5) is 0 Å². The SMILES string of the molecule is COc1ccc2c(c1C1(C(C)N)CC1)CCC2. The molecule has 2 N–H and O–H groups in total. The molecular weight excluding hydrogens is 210 g/mol. The molecule has 1 atom stereocenters. The fourth-order valence-electron chi connectivity index (χ4n) is 3.43. The highest BCUT2D eigenvalue weighted by Gasteiger charge is 2.50. The van der Waals surface area contributed by atoms with Crippen LogP contribution in [-0.4, -0.2) is 13.2 Å². The van der Waals surface area contributed by atoms with E-state index in [0.717, 1.165) is 5.75 Å². The molecule has 1 aromatic carbocycles. The molecule has 0 amide bonds. The standard InChI is InChI=1S/C15H21NO/c1-10(16)15(8-9-15)14-12-5-3-4-11(12)6-7-13(14)17-2/h6-7,10H,3-5,8-9,16H2,1-2H3. The Labute approximate surface area is 103 Å². The van der Waals surface area contributed by atoms with E-state index in [4.69, 9.17) is 10.5 Å². The summed E-state index contributed by atoms with van der Waals surface area (Å²) in [5.41, 5.74) is 10.9. The normalized spacial score (nSPS) is 22.1. The zero-order valence-electron chi connectivity index (χ0n) is 10.8. The lowest BCUT2D eigenvalue weighted by molar-refractivity contribution is 0.397. The van der Waals surface area contributed by atoms with Gasteiger partial charge in [0, 0.05) is 17.0 Å². The first kappa shape index (κ1) is 11.1. The molecule has 3 rings (SSSR count). The second kappa shape index (κ2) is 3.74. The van der Waals surface area contributed by atoms with Crippen molar-refractivity contribution < 1.29 is 4.74 Å². The molecule has 0 spiro atoms. The van der Waals surface area contributed by atoms with Crippen molar-refractivity contribution in [2.45, 2.75) is 50.5 Å². The van der Waals surface area contributed by atoms with Crippen LogP contribution in [0.25, 0.3) is 0 Å². The Morgan fingerprint density at radius 2 is 2.06 bits per heavy atom. The minimum Gasteiger partial charge on any atom is -0.496 e. The van der Waals surface area contributed by atoms with Crippen molar-refractivity contribution in [1.29, 1.82) is 0 Å². The second-order valence-corrected chi connectivity index (χ2v) is 5.58. The lowest BCUT2D eigenvalue weighted by Crippen LogP contribution is -2.32. The molecule has 0 aliphatic heterocycles. The van der Waals surface area contributed by atoms with E-state index in [1.807, 2.05) is 0 Å². The van der Waals surface area contributed by atoms with E-state index in [0.29, 0.717) is 0 Å². The monoisotopic (exact) mass is 231 g/mol. The van der Waals surface area contributed by atoms with Gasteiger partial charge in [0.05, 0.1) is 7.11 Å². The van der Waals surface area contributed by atoms with Gasteiger partial charge in [-0.15, -0.1) is 0 Å². The van der Waals surface area contributed by atoms with Gasteiger partial charge >= 0.3 is 0 Å². The summed E-state index contributed by atoms with van der Waals surface area (Å²) < 4.78 is 5.59. The number of nitrogens with two attached hydrogens (primary N) is 1. The highest BCUT2D eigenvalue weighted by atomic mass is 16.5. The Morgan fingerprint density at radius 1 is 1.29 bits per heavy atom. The molecule has 1 unspecified atom stereocenters. The second-order valence-electron chi connectivity index (χ2n) is 5.58. The van der Waals surface area contributed by atoms with Crippen LogP contribution in [0, 0.1) is 0 Å². The van der Waals surface area contributed by atoms with Crippen molar-refractivity contribution >= 4 is 0 Å². The van der Waals surface area contributed by atoms with Crippen molar-refractivity contribution in [3.8, 4) is 5.75 Å². The van der Waals surface area contributed by atoms with Gasteiger partial charge in [0.2, 0.25) is 0 Å². The third kappa shape index (κ3) is 1.50. The summed E-state index contributed by atoms with van der Waals surface area (Å²) in [4.78, 5) is 0. The summed E-state index contributed by atoms with van der Waals surface area (Å²) in [6.45, 7) is 2.14. The number of hydrogen-bond acceptors (Lipinski definition) is 2. The topological polar surface area (TPSA) is 35.2 Å². The maximum absolute atomic E-state index is 6.23. The Morgan fingerprint density at radius 3 is 2.65 bits per heavy atom. The predicted octanol–water partition coefficient (Wildman–Crippen LogP) is 2.56. The summed E-state index contributed by atoms with van der Waals surface area (Å²) in [6, 6.07) is 4.60. The van der Waals surface area contributed by atoms with E-state index in [1.54, 1.807) is 12.7 Å². The summed E-state index contributed by atoms with van der Waals surface area (Å²) in [6.07, 6.45) is 6.15. The molecule has 0 heterocycles. The summed E-state index contributed by atoms with van der Waals surface area (Å²) in [5.74, 6) is 1.06. The van der Waals surface area contributed by atoms with Crippen LogP contribution < -0.4 is 10.5 Å². The smallest absolute Gasteiger partial charge is 0.122 e. The van der Waals surface area contributed by atoms with E-state index in [1.165, 1.54) is 43.2 Å². The number of methoxy groups -OCH3 is 1. The molecule has 92 valence electrons. The molecule has 0 bridgehead atoms. The zero-order chi connectivity index (χ0) is 12.0. The molecule has 17 heavy (non-hydrogen) atoms. The molecule has 2 nitrogen and oxygen atoms in total. The van der Waals surface area contributed by atoms with Crippen LogP contribution in [-0.2, 0) is 18.3 Å². The maximum Gasteiger partial charge on any atom is 0.122 e. The third-order valence-corrected chi connectivity index (χ3v) is 4.62. The quantitative estimate of drug-likeness (QED) is 0.867. The number of rotatable bonds is 3. The number of benzene rings is 1. The average Bonchev–Trinajstić information content (AvgIpc) is 2.99. The van der Waals surface area contributed by atoms with Crippen LogP contribution >= 0.6 is 0 Å². The lowest BCUT2D eigenvalue weighted by atomic mass is 9.84. The largest absolute Gasteiger partial charge is 0.496 e. The molecule has 2 aliphatic carbocycles. The van der Waals surface area contributed by atoms with Crippen LogP contribution in [0.15, 0.2) is 12.1 Å². The van der Waals surface area contributed by atoms with Crippen LogP contribution in [0.3, 0.4) is 0 Å². The number of ether oxygens (including phenoxy) is 1. The van der Waals surface area contributed by atoms with E-state index in [-0.39, 0.29) is 11.5 Å². The van der Waals surface area contributed by atoms with E-state index >= 15 is 0 Å². The van der Waals surface area contributed by atoms with Crippen molar-refractivity contribution in [2.24, 2.45) is 5.73 Å². The maximum atomic E-state index is 6.23. The number of hydrogen-bond donors (Lipinski definition) is 1. The van der Waals surface area contributed by atoms with Gasteiger partial charge in [0.25, 0.3) is 0 Å². The molecule has 2 heteroatoms. The van der Waals surface area contributed by atoms with Gasteiger partial charge in [0.1, 0.15) is 5.75 Å². The molecular formula is C15H21NO. The van der Waals surface area contributed by atoms with Crippen LogP contribution in [0.5, 0.6) is 5.75 Å². The van der Waals surface area contributed by atoms with E-state index in [2.05, 4.69) is 19.1 Å². The van der Waals surface area contributed by atoms with Crippen molar-refractivity contribution in [3.05, 3.63) is 28.8 Å². The fourth-order valence-corrected chi connectivity index (χ4v) is 3.43. The third-order valence-electron chi connectivity index (χ3n) is 4.62. The predicted molar refractivity (Wildman–Crippen MR) is 69.6 cm³/mol. The Bertz CT molecular complexity index is 446. The summed E-state index contributed by atoms with van der Waals surface area (Å²) in [5, 5.41) is 0. The molecule has 1 aromatic rings. The van der Waals surface area contributed by atoms with Gasteiger partial charge < -0.3 is 10.5 Å². The molecule has 0 aromatic heterocycles. The van der Waals surface area contributed by atoms with Crippen LogP contribution in [0.1, 0.15) is 42.9 Å². The van der Waals surface area contributed by atoms with Crippen molar-refractivity contribution in [1.82, 2.24) is 0 Å². The van der Waals surface area contributed by atoms with E-state index in [9.17, 15) is 0 Å². The van der Waals surface area contributed by atoms with Gasteiger partial charge in [-0.05, 0) is 56.2 Å². The van der Waals surface area contributed by atoms with Gasteiger partial charge in [-0.3, -0.25) is 0 Å².